The molecule has 7 nitrogen and oxygen atoms in total. The molecule has 0 aliphatic heterocycles. The molecule has 1 aliphatic carbocycles. The van der Waals surface area contributed by atoms with E-state index in [2.05, 4.69) is 10.3 Å². The number of rotatable bonds is 5. The normalized spacial score (nSPS) is 14.0. The van der Waals surface area contributed by atoms with Crippen LogP contribution in [0.15, 0.2) is 43.8 Å². The first-order valence-corrected chi connectivity index (χ1v) is 9.22. The van der Waals surface area contributed by atoms with Crippen molar-refractivity contribution in [1.82, 2.24) is 19.5 Å². The maximum atomic E-state index is 12.8. The van der Waals surface area contributed by atoms with Crippen molar-refractivity contribution < 1.29 is 9.32 Å². The molecule has 1 saturated carbocycles. The second-order valence-corrected chi connectivity index (χ2v) is 7.65. The van der Waals surface area contributed by atoms with Crippen LogP contribution in [0.3, 0.4) is 0 Å². The number of carbonyl (C=O) groups is 1. The summed E-state index contributed by atoms with van der Waals surface area (Å²) in [5.74, 6) is 0.739. The van der Waals surface area contributed by atoms with Crippen molar-refractivity contribution in [2.45, 2.75) is 28.8 Å². The van der Waals surface area contributed by atoms with Gasteiger partial charge in [-0.3, -0.25) is 9.36 Å². The summed E-state index contributed by atoms with van der Waals surface area (Å²) in [6, 6.07) is 5.16. The largest absolute Gasteiger partial charge is 0.360 e. The van der Waals surface area contributed by atoms with E-state index in [1.165, 1.54) is 27.2 Å². The van der Waals surface area contributed by atoms with Crippen LogP contribution >= 0.6 is 23.4 Å². The Labute approximate surface area is 157 Å². The van der Waals surface area contributed by atoms with Gasteiger partial charge in [0.1, 0.15) is 0 Å². The third kappa shape index (κ3) is 2.99. The van der Waals surface area contributed by atoms with Crippen LogP contribution in [0.1, 0.15) is 40.4 Å². The molecule has 134 valence electrons. The van der Waals surface area contributed by atoms with Crippen LogP contribution < -0.4 is 5.69 Å². The summed E-state index contributed by atoms with van der Waals surface area (Å²) in [6.07, 6.45) is 3.49. The maximum Gasteiger partial charge on any atom is 0.346 e. The fourth-order valence-electron chi connectivity index (χ4n) is 2.68. The van der Waals surface area contributed by atoms with Gasteiger partial charge in [0.25, 0.3) is 0 Å². The molecule has 0 N–H and O–H groups in total. The van der Waals surface area contributed by atoms with Gasteiger partial charge in [-0.25, -0.2) is 9.48 Å². The number of aryl methyl sites for hydroxylation is 1. The summed E-state index contributed by atoms with van der Waals surface area (Å²) in [5, 5.41) is 8.82. The highest BCUT2D eigenvalue weighted by molar-refractivity contribution is 7.99. The van der Waals surface area contributed by atoms with Crippen molar-refractivity contribution in [2.24, 2.45) is 14.1 Å². The minimum absolute atomic E-state index is 0.195. The van der Waals surface area contributed by atoms with Crippen molar-refractivity contribution in [3.63, 3.8) is 0 Å². The van der Waals surface area contributed by atoms with Crippen molar-refractivity contribution in [1.29, 1.82) is 0 Å². The van der Waals surface area contributed by atoms with Gasteiger partial charge in [-0.2, -0.15) is 0 Å². The molecule has 0 atom stereocenters. The number of hydrogen-bond donors (Lipinski definition) is 0. The lowest BCUT2D eigenvalue weighted by Crippen LogP contribution is -2.20. The lowest BCUT2D eigenvalue weighted by Gasteiger charge is -2.06. The van der Waals surface area contributed by atoms with Gasteiger partial charge in [0.2, 0.25) is 0 Å². The molecule has 1 fully saturated rings. The van der Waals surface area contributed by atoms with E-state index in [0.29, 0.717) is 27.1 Å². The monoisotopic (exact) mass is 390 g/mol. The first kappa shape index (κ1) is 17.1. The summed E-state index contributed by atoms with van der Waals surface area (Å²) in [7, 11) is 3.25. The Morgan fingerprint density at radius 1 is 1.31 bits per heavy atom. The highest BCUT2D eigenvalue weighted by atomic mass is 35.5. The molecule has 1 aromatic carbocycles. The van der Waals surface area contributed by atoms with Crippen molar-refractivity contribution >= 4 is 29.1 Å². The molecule has 0 unspecified atom stereocenters. The van der Waals surface area contributed by atoms with E-state index in [9.17, 15) is 9.59 Å². The molecular formula is C17H15ClN4O3S. The minimum Gasteiger partial charge on any atom is -0.360 e. The van der Waals surface area contributed by atoms with Gasteiger partial charge in [0.15, 0.2) is 16.7 Å². The number of ketones is 1. The summed E-state index contributed by atoms with van der Waals surface area (Å²) in [5.41, 5.74) is 0.670. The lowest BCUT2D eigenvalue weighted by molar-refractivity contribution is 0.103. The van der Waals surface area contributed by atoms with Crippen molar-refractivity contribution in [3.8, 4) is 0 Å². The standard InChI is InChI=1S/C17H15ClN4O3S/c1-21-16(20-22(2)17(21)24)26-10-5-6-11(13(18)7-10)14(23)12-8-19-25-15(12)9-3-4-9/h5-9H,3-4H2,1-2H3. The molecule has 2 aromatic heterocycles. The molecule has 0 spiro atoms. The number of carbonyl (C=O) groups excluding carboxylic acids is 1. The molecular weight excluding hydrogens is 376 g/mol. The van der Waals surface area contributed by atoms with Crippen LogP contribution in [-0.2, 0) is 14.1 Å². The second kappa shape index (κ2) is 6.44. The van der Waals surface area contributed by atoms with Crippen molar-refractivity contribution in [2.75, 3.05) is 0 Å². The predicted molar refractivity (Wildman–Crippen MR) is 95.9 cm³/mol. The smallest absolute Gasteiger partial charge is 0.346 e. The number of benzene rings is 1. The SMILES string of the molecule is Cn1nc(Sc2ccc(C(=O)c3cnoc3C3CC3)c(Cl)c2)n(C)c1=O. The van der Waals surface area contributed by atoms with E-state index >= 15 is 0 Å². The van der Waals surface area contributed by atoms with E-state index in [-0.39, 0.29) is 17.4 Å². The van der Waals surface area contributed by atoms with Crippen LogP contribution in [0.25, 0.3) is 0 Å². The van der Waals surface area contributed by atoms with Crippen LogP contribution in [0, 0.1) is 0 Å². The molecule has 9 heteroatoms. The van der Waals surface area contributed by atoms with Gasteiger partial charge in [-0.05, 0) is 42.8 Å². The van der Waals surface area contributed by atoms with Gasteiger partial charge in [0.05, 0.1) is 16.8 Å². The Morgan fingerprint density at radius 3 is 2.69 bits per heavy atom. The van der Waals surface area contributed by atoms with E-state index < -0.39 is 0 Å². The predicted octanol–water partition coefficient (Wildman–Crippen LogP) is 3.02. The summed E-state index contributed by atoms with van der Waals surface area (Å²) in [6.45, 7) is 0. The Bertz CT molecular complexity index is 1060. The van der Waals surface area contributed by atoms with Crippen LogP contribution in [0.4, 0.5) is 0 Å². The van der Waals surface area contributed by atoms with Crippen LogP contribution in [0.2, 0.25) is 5.02 Å². The molecule has 0 saturated heterocycles. The Kier molecular flexibility index (Phi) is 4.24. The number of halogens is 1. The summed E-state index contributed by atoms with van der Waals surface area (Å²) in [4.78, 5) is 25.4. The third-order valence-corrected chi connectivity index (χ3v) is 5.61. The highest BCUT2D eigenvalue weighted by Crippen LogP contribution is 2.42. The number of hydrogen-bond acceptors (Lipinski definition) is 6. The Hall–Kier alpha value is -2.32. The molecule has 0 bridgehead atoms. The van der Waals surface area contributed by atoms with Gasteiger partial charge in [0, 0.05) is 30.5 Å². The number of aromatic nitrogens is 4. The molecule has 26 heavy (non-hydrogen) atoms. The van der Waals surface area contributed by atoms with Crippen LogP contribution in [0.5, 0.6) is 0 Å². The number of nitrogens with zero attached hydrogens (tertiary/aromatic N) is 4. The first-order chi connectivity index (χ1) is 12.5. The summed E-state index contributed by atoms with van der Waals surface area (Å²) < 4.78 is 7.97. The third-order valence-electron chi connectivity index (χ3n) is 4.27. The Morgan fingerprint density at radius 2 is 2.08 bits per heavy atom. The highest BCUT2D eigenvalue weighted by Gasteiger charge is 2.33. The van der Waals surface area contributed by atoms with Crippen LogP contribution in [-0.4, -0.2) is 25.3 Å². The topological polar surface area (TPSA) is 82.9 Å². The maximum absolute atomic E-state index is 12.8. The van der Waals surface area contributed by atoms with Gasteiger partial charge in [-0.1, -0.05) is 16.8 Å². The van der Waals surface area contributed by atoms with E-state index in [1.54, 1.807) is 32.3 Å². The summed E-state index contributed by atoms with van der Waals surface area (Å²) >= 11 is 7.66. The molecule has 2 heterocycles. The average molecular weight is 391 g/mol. The Balaban J connectivity index is 1.61. The van der Waals surface area contributed by atoms with E-state index in [0.717, 1.165) is 17.7 Å². The first-order valence-electron chi connectivity index (χ1n) is 8.02. The zero-order valence-corrected chi connectivity index (χ0v) is 15.7. The zero-order chi connectivity index (χ0) is 18.4. The lowest BCUT2D eigenvalue weighted by atomic mass is 10.0. The quantitative estimate of drug-likeness (QED) is 0.623. The van der Waals surface area contributed by atoms with Gasteiger partial charge in [-0.15, -0.1) is 5.10 Å². The molecule has 3 aromatic rings. The second-order valence-electron chi connectivity index (χ2n) is 6.20. The van der Waals surface area contributed by atoms with E-state index in [1.807, 2.05) is 0 Å². The molecule has 0 amide bonds. The van der Waals surface area contributed by atoms with Crippen molar-refractivity contribution in [3.05, 3.63) is 56.8 Å². The molecule has 1 aliphatic rings. The average Bonchev–Trinajstić information content (AvgIpc) is 3.30. The van der Waals surface area contributed by atoms with Gasteiger partial charge < -0.3 is 4.52 Å². The molecule has 4 rings (SSSR count). The zero-order valence-electron chi connectivity index (χ0n) is 14.1. The molecule has 0 radical (unpaired) electrons. The minimum atomic E-state index is -0.203. The fourth-order valence-corrected chi connectivity index (χ4v) is 3.91. The van der Waals surface area contributed by atoms with E-state index in [4.69, 9.17) is 16.1 Å². The fraction of sp³-hybridized carbons (Fsp3) is 0.294. The van der Waals surface area contributed by atoms with Gasteiger partial charge >= 0.3 is 5.69 Å².